The molecule has 4 rings (SSSR count). The minimum Gasteiger partial charge on any atom is -0.342 e. The van der Waals surface area contributed by atoms with Gasteiger partial charge in [0.1, 0.15) is 5.78 Å². The lowest BCUT2D eigenvalue weighted by Crippen LogP contribution is -2.61. The minimum absolute atomic E-state index is 0.217. The summed E-state index contributed by atoms with van der Waals surface area (Å²) in [6.07, 6.45) is 10.0. The smallest absolute Gasteiger partial charge is 0.222 e. The second kappa shape index (κ2) is 6.59. The maximum absolute atomic E-state index is 13.1. The third-order valence-electron chi connectivity index (χ3n) is 10.00. The Hall–Kier alpha value is -0.860. The first-order valence-corrected chi connectivity index (χ1v) is 11.5. The van der Waals surface area contributed by atoms with Gasteiger partial charge < -0.3 is 4.90 Å². The van der Waals surface area contributed by atoms with E-state index in [0.717, 1.165) is 49.9 Å². The maximum Gasteiger partial charge on any atom is 0.222 e. The van der Waals surface area contributed by atoms with Crippen LogP contribution < -0.4 is 0 Å². The molecule has 1 saturated heterocycles. The van der Waals surface area contributed by atoms with Crippen molar-refractivity contribution in [1.82, 2.24) is 4.90 Å². The fourth-order valence-electron chi connectivity index (χ4n) is 8.16. The van der Waals surface area contributed by atoms with Crippen molar-refractivity contribution in [3.05, 3.63) is 0 Å². The van der Waals surface area contributed by atoms with E-state index >= 15 is 0 Å². The van der Waals surface area contributed by atoms with Crippen LogP contribution in [0.1, 0.15) is 85.5 Å². The summed E-state index contributed by atoms with van der Waals surface area (Å²) in [4.78, 5) is 27.5. The Morgan fingerprint density at radius 3 is 2.48 bits per heavy atom. The van der Waals surface area contributed by atoms with Gasteiger partial charge in [-0.25, -0.2) is 0 Å². The van der Waals surface area contributed by atoms with Crippen molar-refractivity contribution in [2.45, 2.75) is 91.5 Å². The predicted octanol–water partition coefficient (Wildman–Crippen LogP) is 5.08. The fourth-order valence-corrected chi connectivity index (χ4v) is 8.16. The molecule has 0 aromatic carbocycles. The first kappa shape index (κ1) is 19.5. The molecule has 0 spiro atoms. The van der Waals surface area contributed by atoms with Gasteiger partial charge in [-0.05, 0) is 80.0 Å². The molecular weight excluding hydrogens is 334 g/mol. The molecule has 3 heteroatoms. The van der Waals surface area contributed by atoms with Gasteiger partial charge in [0.05, 0.1) is 0 Å². The molecule has 152 valence electrons. The molecule has 0 aromatic rings. The summed E-state index contributed by atoms with van der Waals surface area (Å²) in [7, 11) is 2.04. The van der Waals surface area contributed by atoms with E-state index in [1.165, 1.54) is 25.7 Å². The number of ketones is 1. The zero-order valence-electron chi connectivity index (χ0n) is 18.1. The molecule has 1 aliphatic heterocycles. The lowest BCUT2D eigenvalue weighted by atomic mass is 9.46. The molecule has 3 saturated carbocycles. The van der Waals surface area contributed by atoms with E-state index in [1.54, 1.807) is 0 Å². The third kappa shape index (κ3) is 2.66. The van der Waals surface area contributed by atoms with E-state index in [9.17, 15) is 9.59 Å². The SMILES string of the molecule is CCC(C)C(=O)[C@H]1CC[C@H]2[C@@H]3CCC4N(C)C(=O)CC[C@]4(C)[C@H]3CC[C@]12C. The monoisotopic (exact) mass is 373 g/mol. The van der Waals surface area contributed by atoms with Gasteiger partial charge in [-0.2, -0.15) is 0 Å². The van der Waals surface area contributed by atoms with Crippen LogP contribution in [0.3, 0.4) is 0 Å². The van der Waals surface area contributed by atoms with E-state index < -0.39 is 0 Å². The zero-order chi connectivity index (χ0) is 19.6. The first-order chi connectivity index (χ1) is 12.7. The van der Waals surface area contributed by atoms with Gasteiger partial charge in [-0.1, -0.05) is 27.7 Å². The summed E-state index contributed by atoms with van der Waals surface area (Å²) in [5.41, 5.74) is 0.507. The number of likely N-dealkylation sites (tertiary alicyclic amines) is 1. The van der Waals surface area contributed by atoms with Crippen molar-refractivity contribution in [3.63, 3.8) is 0 Å². The summed E-state index contributed by atoms with van der Waals surface area (Å²) in [5.74, 6) is 3.62. The number of piperidine rings is 1. The molecule has 3 aliphatic carbocycles. The average molecular weight is 374 g/mol. The largest absolute Gasteiger partial charge is 0.342 e. The summed E-state index contributed by atoms with van der Waals surface area (Å²) >= 11 is 0. The summed E-state index contributed by atoms with van der Waals surface area (Å²) in [5, 5.41) is 0. The van der Waals surface area contributed by atoms with Gasteiger partial charge in [0.15, 0.2) is 0 Å². The molecule has 4 aliphatic rings. The van der Waals surface area contributed by atoms with E-state index in [2.05, 4.69) is 32.6 Å². The second-order valence-electron chi connectivity index (χ2n) is 10.9. The normalized spacial score (nSPS) is 47.8. The van der Waals surface area contributed by atoms with E-state index in [0.29, 0.717) is 23.7 Å². The van der Waals surface area contributed by atoms with Gasteiger partial charge >= 0.3 is 0 Å². The van der Waals surface area contributed by atoms with Crippen molar-refractivity contribution >= 4 is 11.7 Å². The van der Waals surface area contributed by atoms with E-state index in [1.807, 2.05) is 7.05 Å². The van der Waals surface area contributed by atoms with Crippen LogP contribution in [0.15, 0.2) is 0 Å². The van der Waals surface area contributed by atoms with Crippen molar-refractivity contribution in [2.24, 2.45) is 40.4 Å². The molecule has 2 unspecified atom stereocenters. The molecule has 8 atom stereocenters. The Kier molecular flexibility index (Phi) is 4.75. The standard InChI is InChI=1S/C24H39NO2/c1-6-15(2)22(27)19-9-8-17-16-7-10-20-24(4,14-12-21(26)25(20)5)18(16)11-13-23(17,19)3/h15-20H,6-14H2,1-5H3/t15?,16-,17-,18-,19+,20?,23-,24+/m0/s1. The van der Waals surface area contributed by atoms with Crippen molar-refractivity contribution < 1.29 is 9.59 Å². The third-order valence-corrected chi connectivity index (χ3v) is 10.00. The zero-order valence-corrected chi connectivity index (χ0v) is 18.1. The number of hydrogen-bond acceptors (Lipinski definition) is 2. The minimum atomic E-state index is 0.217. The maximum atomic E-state index is 13.1. The molecule has 4 fully saturated rings. The molecule has 1 heterocycles. The van der Waals surface area contributed by atoms with Crippen LogP contribution in [0.25, 0.3) is 0 Å². The highest BCUT2D eigenvalue weighted by molar-refractivity contribution is 5.84. The van der Waals surface area contributed by atoms with Crippen LogP contribution in [0, 0.1) is 40.4 Å². The number of Topliss-reactive ketones (excluding diaryl/α,β-unsaturated/α-hetero) is 1. The summed E-state index contributed by atoms with van der Waals surface area (Å²) in [6.45, 7) is 9.22. The molecular formula is C24H39NO2. The van der Waals surface area contributed by atoms with Gasteiger partial charge in [0, 0.05) is 31.3 Å². The number of hydrogen-bond donors (Lipinski definition) is 0. The lowest BCUT2D eigenvalue weighted by Gasteiger charge is -2.61. The Balaban J connectivity index is 1.59. The van der Waals surface area contributed by atoms with Gasteiger partial charge in [-0.3, -0.25) is 9.59 Å². The van der Waals surface area contributed by atoms with Crippen LogP contribution in [-0.4, -0.2) is 29.7 Å². The van der Waals surface area contributed by atoms with Crippen molar-refractivity contribution in [1.29, 1.82) is 0 Å². The van der Waals surface area contributed by atoms with E-state index in [-0.39, 0.29) is 16.7 Å². The Morgan fingerprint density at radius 2 is 1.78 bits per heavy atom. The Morgan fingerprint density at radius 1 is 1.07 bits per heavy atom. The summed E-state index contributed by atoms with van der Waals surface area (Å²) < 4.78 is 0. The molecule has 3 nitrogen and oxygen atoms in total. The highest BCUT2D eigenvalue weighted by Crippen LogP contribution is 2.66. The Labute approximate surface area is 165 Å². The number of carbonyl (C=O) groups is 2. The number of nitrogens with zero attached hydrogens (tertiary/aromatic N) is 1. The molecule has 0 bridgehead atoms. The van der Waals surface area contributed by atoms with Crippen LogP contribution >= 0.6 is 0 Å². The molecule has 0 N–H and O–H groups in total. The van der Waals surface area contributed by atoms with Crippen LogP contribution in [-0.2, 0) is 9.59 Å². The predicted molar refractivity (Wildman–Crippen MR) is 108 cm³/mol. The highest BCUT2D eigenvalue weighted by Gasteiger charge is 2.62. The van der Waals surface area contributed by atoms with Gasteiger partial charge in [-0.15, -0.1) is 0 Å². The van der Waals surface area contributed by atoms with Gasteiger partial charge in [0.25, 0.3) is 0 Å². The topological polar surface area (TPSA) is 37.4 Å². The lowest BCUT2D eigenvalue weighted by molar-refractivity contribution is -0.159. The van der Waals surface area contributed by atoms with Crippen LogP contribution in [0.4, 0.5) is 0 Å². The fraction of sp³-hybridized carbons (Fsp3) is 0.917. The highest BCUT2D eigenvalue weighted by atomic mass is 16.2. The van der Waals surface area contributed by atoms with Crippen LogP contribution in [0.2, 0.25) is 0 Å². The first-order valence-electron chi connectivity index (χ1n) is 11.5. The van der Waals surface area contributed by atoms with Gasteiger partial charge in [0.2, 0.25) is 5.91 Å². The molecule has 0 aromatic heterocycles. The average Bonchev–Trinajstić information content (AvgIpc) is 3.01. The number of carbonyl (C=O) groups excluding carboxylic acids is 2. The molecule has 27 heavy (non-hydrogen) atoms. The molecule has 0 radical (unpaired) electrons. The van der Waals surface area contributed by atoms with E-state index in [4.69, 9.17) is 0 Å². The second-order valence-corrected chi connectivity index (χ2v) is 10.9. The summed E-state index contributed by atoms with van der Waals surface area (Å²) in [6, 6.07) is 0.434. The Bertz CT molecular complexity index is 630. The number of rotatable bonds is 3. The number of fused-ring (bicyclic) bond motifs is 5. The quantitative estimate of drug-likeness (QED) is 0.692. The van der Waals surface area contributed by atoms with Crippen molar-refractivity contribution in [3.8, 4) is 0 Å². The number of amides is 1. The molecule has 1 amide bonds. The van der Waals surface area contributed by atoms with Crippen LogP contribution in [0.5, 0.6) is 0 Å². The van der Waals surface area contributed by atoms with Crippen molar-refractivity contribution in [2.75, 3.05) is 7.05 Å².